The molecule has 4 heterocycles. The Bertz CT molecular complexity index is 1610. The molecular formula is C30H30ClFN4O4S. The average molecular weight is 597 g/mol. The number of nitrogens with zero attached hydrogens (tertiary/aromatic N) is 4. The van der Waals surface area contributed by atoms with Crippen molar-refractivity contribution in [1.82, 2.24) is 14.5 Å². The maximum atomic E-state index is 15.7. The lowest BCUT2D eigenvalue weighted by Crippen LogP contribution is -2.40. The van der Waals surface area contributed by atoms with Gasteiger partial charge in [0.25, 0.3) is 0 Å². The highest BCUT2D eigenvalue weighted by atomic mass is 35.5. The summed E-state index contributed by atoms with van der Waals surface area (Å²) >= 11 is 7.18. The molecule has 4 aromatic rings. The molecule has 1 saturated carbocycles. The second-order valence-electron chi connectivity index (χ2n) is 10.9. The minimum absolute atomic E-state index is 0.105. The van der Waals surface area contributed by atoms with Gasteiger partial charge in [-0.15, -0.1) is 0 Å². The number of carboxylic acids is 1. The molecule has 1 amide bonds. The van der Waals surface area contributed by atoms with Gasteiger partial charge in [-0.2, -0.15) is 4.39 Å². The third-order valence-corrected chi connectivity index (χ3v) is 8.99. The molecule has 11 heteroatoms. The summed E-state index contributed by atoms with van der Waals surface area (Å²) in [5.74, 6) is -1.82. The average Bonchev–Trinajstić information content (AvgIpc) is 3.61. The fraction of sp³-hybridized carbons (Fsp3) is 0.400. The number of benzene rings is 1. The quantitative estimate of drug-likeness (QED) is 0.235. The molecule has 0 unspecified atom stereocenters. The van der Waals surface area contributed by atoms with Crippen LogP contribution in [0.3, 0.4) is 0 Å². The van der Waals surface area contributed by atoms with E-state index in [4.69, 9.17) is 16.3 Å². The predicted molar refractivity (Wildman–Crippen MR) is 157 cm³/mol. The molecule has 3 aromatic heterocycles. The number of hydrogen-bond acceptors (Lipinski definition) is 6. The second-order valence-corrected chi connectivity index (χ2v) is 12.3. The van der Waals surface area contributed by atoms with E-state index < -0.39 is 17.0 Å². The van der Waals surface area contributed by atoms with E-state index in [1.807, 2.05) is 36.0 Å². The van der Waals surface area contributed by atoms with Crippen LogP contribution in [0.15, 0.2) is 42.7 Å². The van der Waals surface area contributed by atoms with Crippen molar-refractivity contribution in [2.24, 2.45) is 18.9 Å². The van der Waals surface area contributed by atoms with E-state index in [0.717, 1.165) is 59.2 Å². The lowest BCUT2D eigenvalue weighted by molar-refractivity contribution is -0.141. The summed E-state index contributed by atoms with van der Waals surface area (Å²) in [5.41, 5.74) is 2.95. The van der Waals surface area contributed by atoms with Crippen LogP contribution < -0.4 is 4.90 Å². The normalized spacial score (nSPS) is 16.7. The Kier molecular flexibility index (Phi) is 7.80. The van der Waals surface area contributed by atoms with Crippen LogP contribution in [0, 0.1) is 17.0 Å². The Labute approximate surface area is 245 Å². The summed E-state index contributed by atoms with van der Waals surface area (Å²) in [7, 11) is 1.92. The second kappa shape index (κ2) is 11.5. The van der Waals surface area contributed by atoms with Gasteiger partial charge in [0.1, 0.15) is 11.3 Å². The van der Waals surface area contributed by atoms with Crippen LogP contribution in [0.5, 0.6) is 0 Å². The smallest absolute Gasteiger partial charge is 0.304 e. The van der Waals surface area contributed by atoms with Crippen LogP contribution >= 0.6 is 22.9 Å². The molecule has 1 atom stereocenters. The number of carbonyl (C=O) groups excluding carboxylic acids is 1. The molecular weight excluding hydrogens is 567 g/mol. The van der Waals surface area contributed by atoms with Crippen LogP contribution in [0.1, 0.15) is 38.5 Å². The Hall–Kier alpha value is -3.34. The summed E-state index contributed by atoms with van der Waals surface area (Å²) in [6.45, 7) is 1.22. The third kappa shape index (κ3) is 5.86. The van der Waals surface area contributed by atoms with Crippen molar-refractivity contribution >= 4 is 51.0 Å². The fourth-order valence-corrected chi connectivity index (χ4v) is 6.71. The van der Waals surface area contributed by atoms with Gasteiger partial charge in [-0.05, 0) is 67.9 Å². The lowest BCUT2D eigenvalue weighted by atomic mass is 9.86. The van der Waals surface area contributed by atoms with Gasteiger partial charge in [-0.25, -0.2) is 9.97 Å². The number of carboxylic acid groups (broad SMARTS) is 1. The monoisotopic (exact) mass is 596 g/mol. The van der Waals surface area contributed by atoms with Crippen LogP contribution in [0.4, 0.5) is 9.52 Å². The Morgan fingerprint density at radius 1 is 1.20 bits per heavy atom. The summed E-state index contributed by atoms with van der Waals surface area (Å²) in [5, 5.41) is 10.7. The first-order valence-electron chi connectivity index (χ1n) is 13.8. The molecule has 1 aliphatic carbocycles. The lowest BCUT2D eigenvalue weighted by Gasteiger charge is -2.29. The van der Waals surface area contributed by atoms with Gasteiger partial charge in [-0.1, -0.05) is 29.0 Å². The maximum Gasteiger partial charge on any atom is 0.304 e. The predicted octanol–water partition coefficient (Wildman–Crippen LogP) is 6.56. The maximum absolute atomic E-state index is 15.7. The fourth-order valence-electron chi connectivity index (χ4n) is 5.65. The zero-order valence-electron chi connectivity index (χ0n) is 22.6. The third-order valence-electron chi connectivity index (χ3n) is 7.91. The number of aliphatic carboxylic acids is 1. The molecule has 41 heavy (non-hydrogen) atoms. The number of ether oxygens (including phenoxy) is 1. The highest BCUT2D eigenvalue weighted by Crippen LogP contribution is 2.42. The van der Waals surface area contributed by atoms with Crippen LogP contribution in [0.25, 0.3) is 33.4 Å². The van der Waals surface area contributed by atoms with Gasteiger partial charge in [-0.3, -0.25) is 14.5 Å². The Morgan fingerprint density at radius 2 is 1.98 bits per heavy atom. The standard InChI is InChI=1S/C30H30ClFN4O4S/c1-35-9-6-18-13-20(16-33-28(18)35)23-5-2-21(31)15-24(23)26-27(32)41-30(34-26)36(22-3-4-22)29(39)19(14-25(37)38)12-17-7-10-40-11-8-17/h2,5-6,9,13,15-17,19,22H,3-4,7-8,10-12,14H2,1H3,(H,37,38)/t19-/m1/s1. The number of fused-ring (bicyclic) bond motifs is 1. The van der Waals surface area contributed by atoms with Crippen molar-refractivity contribution < 1.29 is 23.8 Å². The SMILES string of the molecule is Cn1ccc2cc(-c3ccc(Cl)cc3-c3nc(N(C(=O)[C@@H](CC(=O)O)CC4CCOCC4)C4CC4)sc3F)cnc21. The van der Waals surface area contributed by atoms with E-state index in [0.29, 0.717) is 30.2 Å². The summed E-state index contributed by atoms with van der Waals surface area (Å²) < 4.78 is 23.1. The van der Waals surface area contributed by atoms with Crippen LogP contribution in [0.2, 0.25) is 5.02 Å². The van der Waals surface area contributed by atoms with Gasteiger partial charge in [0, 0.05) is 66.2 Å². The number of carbonyl (C=O) groups is 2. The van der Waals surface area contributed by atoms with Crippen molar-refractivity contribution in [2.45, 2.75) is 44.6 Å². The van der Waals surface area contributed by atoms with E-state index >= 15 is 4.39 Å². The number of aryl methyl sites for hydroxylation is 1. The van der Waals surface area contributed by atoms with Crippen molar-refractivity contribution in [3.8, 4) is 22.4 Å². The number of halogens is 2. The molecule has 1 N–H and O–H groups in total. The summed E-state index contributed by atoms with van der Waals surface area (Å²) in [6, 6.07) is 9.09. The molecule has 2 fully saturated rings. The number of hydrogen-bond donors (Lipinski definition) is 1. The first kappa shape index (κ1) is 27.8. The highest BCUT2D eigenvalue weighted by Gasteiger charge is 2.40. The molecule has 8 nitrogen and oxygen atoms in total. The topological polar surface area (TPSA) is 97.6 Å². The number of pyridine rings is 1. The zero-order chi connectivity index (χ0) is 28.7. The molecule has 0 spiro atoms. The summed E-state index contributed by atoms with van der Waals surface area (Å²) in [6.07, 6.45) is 7.00. The van der Waals surface area contributed by atoms with Crippen LogP contribution in [-0.4, -0.2) is 50.8 Å². The highest BCUT2D eigenvalue weighted by molar-refractivity contribution is 7.14. The van der Waals surface area contributed by atoms with E-state index in [9.17, 15) is 14.7 Å². The molecule has 1 saturated heterocycles. The first-order chi connectivity index (χ1) is 19.8. The largest absolute Gasteiger partial charge is 0.481 e. The van der Waals surface area contributed by atoms with Crippen molar-refractivity contribution in [3.05, 3.63) is 52.9 Å². The molecule has 6 rings (SSSR count). The van der Waals surface area contributed by atoms with Gasteiger partial charge in [0.2, 0.25) is 11.0 Å². The van der Waals surface area contributed by atoms with Gasteiger partial charge < -0.3 is 14.4 Å². The van der Waals surface area contributed by atoms with E-state index in [2.05, 4.69) is 9.97 Å². The van der Waals surface area contributed by atoms with E-state index in [1.165, 1.54) is 0 Å². The molecule has 2 aliphatic rings. The molecule has 0 radical (unpaired) electrons. The molecule has 0 bridgehead atoms. The minimum atomic E-state index is -1.02. The van der Waals surface area contributed by atoms with Crippen LogP contribution in [-0.2, 0) is 21.4 Å². The number of amides is 1. The Balaban J connectivity index is 1.36. The number of rotatable bonds is 9. The van der Waals surface area contributed by atoms with Gasteiger partial charge in [0.05, 0.1) is 6.42 Å². The van der Waals surface area contributed by atoms with Gasteiger partial charge >= 0.3 is 5.97 Å². The summed E-state index contributed by atoms with van der Waals surface area (Å²) in [4.78, 5) is 36.4. The van der Waals surface area contributed by atoms with Crippen molar-refractivity contribution in [1.29, 1.82) is 0 Å². The molecule has 1 aliphatic heterocycles. The number of anilines is 1. The number of thiazole rings is 1. The minimum Gasteiger partial charge on any atom is -0.481 e. The van der Waals surface area contributed by atoms with Crippen molar-refractivity contribution in [2.75, 3.05) is 18.1 Å². The van der Waals surface area contributed by atoms with Gasteiger partial charge in [0.15, 0.2) is 5.13 Å². The molecule has 1 aromatic carbocycles. The van der Waals surface area contributed by atoms with Crippen molar-refractivity contribution in [3.63, 3.8) is 0 Å². The first-order valence-corrected chi connectivity index (χ1v) is 15.0. The zero-order valence-corrected chi connectivity index (χ0v) is 24.1. The van der Waals surface area contributed by atoms with E-state index in [1.54, 1.807) is 23.2 Å². The Morgan fingerprint density at radius 3 is 2.71 bits per heavy atom. The molecule has 214 valence electrons. The van der Waals surface area contributed by atoms with E-state index in [-0.39, 0.29) is 35.1 Å². The number of aromatic nitrogens is 3.